The highest BCUT2D eigenvalue weighted by Crippen LogP contribution is 2.25. The lowest BCUT2D eigenvalue weighted by Gasteiger charge is -2.33. The topological polar surface area (TPSA) is 62.3 Å². The van der Waals surface area contributed by atoms with Crippen LogP contribution in [-0.4, -0.2) is 34.3 Å². The zero-order valence-corrected chi connectivity index (χ0v) is 20.6. The van der Waals surface area contributed by atoms with E-state index in [0.717, 1.165) is 41.7 Å². The van der Waals surface area contributed by atoms with Gasteiger partial charge in [-0.1, -0.05) is 61.2 Å². The summed E-state index contributed by atoms with van der Waals surface area (Å²) in [5.74, 6) is -0.147. The molecule has 5 nitrogen and oxygen atoms in total. The molecule has 6 heteroatoms. The molecule has 1 aliphatic carbocycles. The average molecular weight is 476 g/mol. The van der Waals surface area contributed by atoms with Gasteiger partial charge in [0.1, 0.15) is 6.04 Å². The van der Waals surface area contributed by atoms with Crippen molar-refractivity contribution in [3.8, 4) is 0 Å². The van der Waals surface area contributed by atoms with E-state index in [2.05, 4.69) is 35.4 Å². The number of pyridine rings is 1. The molecule has 3 aromatic rings. The highest BCUT2D eigenvalue weighted by molar-refractivity contribution is 7.10. The number of hydrogen-bond donors (Lipinski definition) is 1. The van der Waals surface area contributed by atoms with Gasteiger partial charge in [-0.15, -0.1) is 11.3 Å². The van der Waals surface area contributed by atoms with Gasteiger partial charge in [-0.2, -0.15) is 0 Å². The molecule has 2 amide bonds. The zero-order chi connectivity index (χ0) is 23.8. The molecule has 0 unspecified atom stereocenters. The molecule has 2 aromatic heterocycles. The smallest absolute Gasteiger partial charge is 0.247 e. The van der Waals surface area contributed by atoms with Crippen LogP contribution in [0.25, 0.3) is 0 Å². The molecule has 1 aliphatic rings. The number of benzene rings is 1. The van der Waals surface area contributed by atoms with Gasteiger partial charge in [-0.05, 0) is 49.3 Å². The second-order valence-electron chi connectivity index (χ2n) is 9.11. The van der Waals surface area contributed by atoms with Crippen molar-refractivity contribution < 1.29 is 9.59 Å². The molecular formula is C28H33N3O2S. The lowest BCUT2D eigenvalue weighted by molar-refractivity contribution is -0.140. The quantitative estimate of drug-likeness (QED) is 0.459. The van der Waals surface area contributed by atoms with Gasteiger partial charge >= 0.3 is 0 Å². The van der Waals surface area contributed by atoms with E-state index in [1.807, 2.05) is 35.7 Å². The number of aromatic nitrogens is 1. The van der Waals surface area contributed by atoms with Crippen LogP contribution < -0.4 is 5.32 Å². The Morgan fingerprint density at radius 2 is 1.97 bits per heavy atom. The highest BCUT2D eigenvalue weighted by atomic mass is 32.1. The summed E-state index contributed by atoms with van der Waals surface area (Å²) in [5.41, 5.74) is 3.10. The lowest BCUT2D eigenvalue weighted by Crippen LogP contribution is -2.48. The van der Waals surface area contributed by atoms with Gasteiger partial charge < -0.3 is 10.2 Å². The van der Waals surface area contributed by atoms with E-state index in [1.54, 1.807) is 28.6 Å². The molecule has 0 saturated heterocycles. The van der Waals surface area contributed by atoms with Crippen LogP contribution in [0.1, 0.15) is 59.7 Å². The number of thiophene rings is 1. The van der Waals surface area contributed by atoms with Crippen LogP contribution in [0, 0.1) is 6.92 Å². The Hall–Kier alpha value is -2.99. The van der Waals surface area contributed by atoms with E-state index in [9.17, 15) is 9.59 Å². The van der Waals surface area contributed by atoms with Crippen LogP contribution in [0.15, 0.2) is 66.3 Å². The first-order chi connectivity index (χ1) is 16.6. The maximum atomic E-state index is 13.7. The Labute approximate surface area is 206 Å². The van der Waals surface area contributed by atoms with Crippen molar-refractivity contribution in [2.24, 2.45) is 0 Å². The van der Waals surface area contributed by atoms with Crippen molar-refractivity contribution in [2.75, 3.05) is 6.54 Å². The van der Waals surface area contributed by atoms with Gasteiger partial charge in [0, 0.05) is 35.4 Å². The highest BCUT2D eigenvalue weighted by Gasteiger charge is 2.33. The lowest BCUT2D eigenvalue weighted by atomic mass is 9.94. The number of amides is 2. The van der Waals surface area contributed by atoms with Crippen molar-refractivity contribution in [2.45, 2.75) is 64.0 Å². The van der Waals surface area contributed by atoms with E-state index in [-0.39, 0.29) is 17.9 Å². The van der Waals surface area contributed by atoms with Gasteiger partial charge in [0.15, 0.2) is 0 Å². The molecule has 178 valence electrons. The summed E-state index contributed by atoms with van der Waals surface area (Å²) in [6.45, 7) is 2.53. The number of hydrogen-bond acceptors (Lipinski definition) is 4. The molecule has 2 heterocycles. The Bertz CT molecular complexity index is 1060. The van der Waals surface area contributed by atoms with Gasteiger partial charge in [0.2, 0.25) is 11.8 Å². The predicted molar refractivity (Wildman–Crippen MR) is 137 cm³/mol. The Balaban J connectivity index is 1.62. The molecule has 1 saturated carbocycles. The van der Waals surface area contributed by atoms with E-state index in [4.69, 9.17) is 0 Å². The minimum Gasteiger partial charge on any atom is -0.351 e. The third-order valence-corrected chi connectivity index (χ3v) is 7.34. The third-order valence-electron chi connectivity index (χ3n) is 6.46. The molecule has 34 heavy (non-hydrogen) atoms. The molecule has 1 atom stereocenters. The minimum atomic E-state index is -0.701. The second kappa shape index (κ2) is 11.9. The van der Waals surface area contributed by atoms with Gasteiger partial charge in [0.25, 0.3) is 0 Å². The average Bonchev–Trinajstić information content (AvgIpc) is 3.36. The number of carbonyl (C=O) groups excluding carboxylic acids is 2. The maximum absolute atomic E-state index is 13.7. The monoisotopic (exact) mass is 475 g/mol. The SMILES string of the molecule is Cc1cccc(CCN(C(=O)Cc2cccs2)[C@@H](C(=O)NC2CCCCC2)c2cccnc2)c1. The van der Waals surface area contributed by atoms with Crippen molar-refractivity contribution in [1.82, 2.24) is 15.2 Å². The number of nitrogens with zero attached hydrogens (tertiary/aromatic N) is 2. The standard InChI is InChI=1S/C28H33N3O2S/c1-21-8-5-9-22(18-21)14-16-31(26(32)19-25-13-7-17-34-25)27(23-10-6-15-29-20-23)28(33)30-24-11-3-2-4-12-24/h5-10,13,15,17-18,20,24,27H,2-4,11-12,14,16,19H2,1H3,(H,30,33)/t27-/m1/s1. The summed E-state index contributed by atoms with van der Waals surface area (Å²) in [4.78, 5) is 34.4. The van der Waals surface area contributed by atoms with Gasteiger partial charge in [-0.25, -0.2) is 0 Å². The van der Waals surface area contributed by atoms with E-state index < -0.39 is 6.04 Å². The Morgan fingerprint density at radius 3 is 2.68 bits per heavy atom. The fourth-order valence-electron chi connectivity index (χ4n) is 4.72. The summed E-state index contributed by atoms with van der Waals surface area (Å²) >= 11 is 1.57. The number of nitrogens with one attached hydrogen (secondary N) is 1. The predicted octanol–water partition coefficient (Wildman–Crippen LogP) is 5.26. The molecule has 0 bridgehead atoms. The van der Waals surface area contributed by atoms with Crippen molar-refractivity contribution in [1.29, 1.82) is 0 Å². The number of aryl methyl sites for hydroxylation is 1. The molecule has 0 aliphatic heterocycles. The summed E-state index contributed by atoms with van der Waals surface area (Å²) < 4.78 is 0. The van der Waals surface area contributed by atoms with Crippen LogP contribution in [0.3, 0.4) is 0 Å². The fraction of sp³-hybridized carbons (Fsp3) is 0.393. The molecule has 1 aromatic carbocycles. The van der Waals surface area contributed by atoms with Crippen molar-refractivity contribution in [3.63, 3.8) is 0 Å². The van der Waals surface area contributed by atoms with Crippen LogP contribution in [0.4, 0.5) is 0 Å². The third kappa shape index (κ3) is 6.54. The Kier molecular flexibility index (Phi) is 8.47. The van der Waals surface area contributed by atoms with E-state index in [1.165, 1.54) is 12.0 Å². The Morgan fingerprint density at radius 1 is 1.12 bits per heavy atom. The van der Waals surface area contributed by atoms with E-state index >= 15 is 0 Å². The zero-order valence-electron chi connectivity index (χ0n) is 19.8. The first-order valence-electron chi connectivity index (χ1n) is 12.2. The van der Waals surface area contributed by atoms with Crippen molar-refractivity contribution in [3.05, 3.63) is 87.9 Å². The number of rotatable bonds is 9. The summed E-state index contributed by atoms with van der Waals surface area (Å²) in [6.07, 6.45) is 9.88. The molecule has 0 spiro atoms. The number of carbonyl (C=O) groups is 2. The van der Waals surface area contributed by atoms with Gasteiger partial charge in [-0.3, -0.25) is 14.6 Å². The molecule has 1 N–H and O–H groups in total. The summed E-state index contributed by atoms with van der Waals surface area (Å²) in [5, 5.41) is 5.24. The molecular weight excluding hydrogens is 442 g/mol. The first-order valence-corrected chi connectivity index (χ1v) is 13.1. The molecule has 1 fully saturated rings. The minimum absolute atomic E-state index is 0.0391. The second-order valence-corrected chi connectivity index (χ2v) is 10.1. The van der Waals surface area contributed by atoms with Crippen LogP contribution in [0.2, 0.25) is 0 Å². The van der Waals surface area contributed by atoms with Gasteiger partial charge in [0.05, 0.1) is 6.42 Å². The fourth-order valence-corrected chi connectivity index (χ4v) is 5.41. The summed E-state index contributed by atoms with van der Waals surface area (Å²) in [7, 11) is 0. The normalized spacial score (nSPS) is 15.0. The molecule has 4 rings (SSSR count). The largest absolute Gasteiger partial charge is 0.351 e. The first kappa shape index (κ1) is 24.1. The van der Waals surface area contributed by atoms with Crippen molar-refractivity contribution >= 4 is 23.2 Å². The van der Waals surface area contributed by atoms with Crippen LogP contribution >= 0.6 is 11.3 Å². The van der Waals surface area contributed by atoms with E-state index in [0.29, 0.717) is 19.4 Å². The summed E-state index contributed by atoms with van der Waals surface area (Å²) in [6, 6.07) is 15.5. The molecule has 0 radical (unpaired) electrons. The maximum Gasteiger partial charge on any atom is 0.247 e. The van der Waals surface area contributed by atoms with Crippen LogP contribution in [-0.2, 0) is 22.4 Å². The van der Waals surface area contributed by atoms with Crippen LogP contribution in [0.5, 0.6) is 0 Å².